The van der Waals surface area contributed by atoms with Gasteiger partial charge in [0.1, 0.15) is 5.82 Å². The molecule has 0 saturated carbocycles. The van der Waals surface area contributed by atoms with Crippen molar-refractivity contribution in [2.75, 3.05) is 7.05 Å². The number of rotatable bonds is 2. The molecule has 0 spiro atoms. The van der Waals surface area contributed by atoms with E-state index in [1.165, 1.54) is 17.8 Å². The first kappa shape index (κ1) is 14.1. The van der Waals surface area contributed by atoms with Gasteiger partial charge in [0.25, 0.3) is 0 Å². The zero-order valence-corrected chi connectivity index (χ0v) is 12.4. The first-order valence-corrected chi connectivity index (χ1v) is 7.72. The third-order valence-electron chi connectivity index (χ3n) is 3.58. The molecule has 0 radical (unpaired) electrons. The first-order chi connectivity index (χ1) is 10.2. The van der Waals surface area contributed by atoms with Gasteiger partial charge in [0.2, 0.25) is 5.91 Å². The smallest absolute Gasteiger partial charge is 0.237 e. The second-order valence-electron chi connectivity index (χ2n) is 4.98. The minimum atomic E-state index is -0.228. The van der Waals surface area contributed by atoms with E-state index in [1.807, 2.05) is 24.3 Å². The molecule has 0 aromatic heterocycles. The molecule has 3 rings (SSSR count). The highest BCUT2D eigenvalue weighted by atomic mass is 32.2. The lowest BCUT2D eigenvalue weighted by Gasteiger charge is -2.32. The van der Waals surface area contributed by atoms with Gasteiger partial charge in [0, 0.05) is 12.8 Å². The number of carbonyl (C=O) groups excluding carboxylic acids is 1. The third kappa shape index (κ3) is 2.78. The Kier molecular flexibility index (Phi) is 3.92. The summed E-state index contributed by atoms with van der Waals surface area (Å²) < 4.78 is 13.6. The highest BCUT2D eigenvalue weighted by molar-refractivity contribution is 8.13. The summed E-state index contributed by atoms with van der Waals surface area (Å²) in [6.07, 6.45) is 7.59. The Balaban J connectivity index is 1.77. The van der Waals surface area contributed by atoms with Gasteiger partial charge in [-0.3, -0.25) is 14.7 Å². The summed E-state index contributed by atoms with van der Waals surface area (Å²) in [4.78, 5) is 18.5. The molecule has 0 saturated heterocycles. The van der Waals surface area contributed by atoms with Gasteiger partial charge < -0.3 is 0 Å². The van der Waals surface area contributed by atoms with Gasteiger partial charge in [0.05, 0.1) is 12.0 Å². The minimum absolute atomic E-state index is 0.0339. The van der Waals surface area contributed by atoms with Crippen LogP contribution in [-0.4, -0.2) is 29.1 Å². The van der Waals surface area contributed by atoms with E-state index in [2.05, 4.69) is 4.99 Å². The van der Waals surface area contributed by atoms with Gasteiger partial charge in [-0.15, -0.1) is 0 Å². The minimum Gasteiger partial charge on any atom is -0.294 e. The second-order valence-corrected chi connectivity index (χ2v) is 5.92. The Morgan fingerprint density at radius 3 is 2.86 bits per heavy atom. The summed E-state index contributed by atoms with van der Waals surface area (Å²) in [6.45, 7) is 0. The lowest BCUT2D eigenvalue weighted by atomic mass is 9.93. The molecule has 1 aliphatic carbocycles. The number of carbonyl (C=O) groups is 1. The Bertz CT molecular complexity index is 653. The van der Waals surface area contributed by atoms with Crippen molar-refractivity contribution in [3.8, 4) is 0 Å². The zero-order chi connectivity index (χ0) is 14.8. The Morgan fingerprint density at radius 2 is 2.05 bits per heavy atom. The predicted molar refractivity (Wildman–Crippen MR) is 83.5 cm³/mol. The van der Waals surface area contributed by atoms with Crippen LogP contribution in [0.2, 0.25) is 0 Å². The summed E-state index contributed by atoms with van der Waals surface area (Å²) in [5.41, 5.74) is 0.618. The van der Waals surface area contributed by atoms with Crippen LogP contribution in [-0.2, 0) is 10.5 Å². The number of thioether (sulfide) groups is 1. The van der Waals surface area contributed by atoms with E-state index in [0.29, 0.717) is 16.5 Å². The van der Waals surface area contributed by atoms with Crippen LogP contribution >= 0.6 is 11.8 Å². The quantitative estimate of drug-likeness (QED) is 0.841. The van der Waals surface area contributed by atoms with Crippen LogP contribution < -0.4 is 0 Å². The highest BCUT2D eigenvalue weighted by Gasteiger charge is 2.34. The number of fused-ring (bicyclic) bond motifs is 1. The van der Waals surface area contributed by atoms with Crippen molar-refractivity contribution in [3.63, 3.8) is 0 Å². The molecular weight excluding hydrogens is 287 g/mol. The molecule has 0 unspecified atom stereocenters. The topological polar surface area (TPSA) is 32.7 Å². The molecule has 1 aliphatic heterocycles. The molecule has 0 N–H and O–H groups in total. The summed E-state index contributed by atoms with van der Waals surface area (Å²) in [6, 6.07) is 6.53. The van der Waals surface area contributed by atoms with Crippen molar-refractivity contribution in [1.29, 1.82) is 0 Å². The van der Waals surface area contributed by atoms with Gasteiger partial charge in [0.15, 0.2) is 5.17 Å². The van der Waals surface area contributed by atoms with E-state index in [9.17, 15) is 9.18 Å². The molecule has 5 heteroatoms. The van der Waals surface area contributed by atoms with Crippen molar-refractivity contribution in [2.45, 2.75) is 11.8 Å². The third-order valence-corrected chi connectivity index (χ3v) is 4.68. The number of hydrogen-bond donors (Lipinski definition) is 0. The molecule has 21 heavy (non-hydrogen) atoms. The van der Waals surface area contributed by atoms with E-state index in [-0.39, 0.29) is 23.7 Å². The Labute approximate surface area is 127 Å². The van der Waals surface area contributed by atoms with Gasteiger partial charge in [-0.25, -0.2) is 4.39 Å². The average molecular weight is 302 g/mol. The largest absolute Gasteiger partial charge is 0.294 e. The number of aliphatic imine (C=N–C) groups is 1. The molecule has 1 amide bonds. The van der Waals surface area contributed by atoms with Crippen molar-refractivity contribution >= 4 is 22.8 Å². The van der Waals surface area contributed by atoms with Crippen LogP contribution in [0.25, 0.3) is 0 Å². The Morgan fingerprint density at radius 1 is 1.29 bits per heavy atom. The molecule has 1 aromatic rings. The van der Waals surface area contributed by atoms with Crippen LogP contribution in [0, 0.1) is 11.7 Å². The SMILES string of the molecule is CN1C(=O)[C@H]2C=CC=C[C@H]2N=C1SCc1ccccc1F. The summed E-state index contributed by atoms with van der Waals surface area (Å²) in [5.74, 6) is 0.0540. The van der Waals surface area contributed by atoms with Crippen LogP contribution in [0.3, 0.4) is 0 Å². The molecule has 0 fully saturated rings. The van der Waals surface area contributed by atoms with Crippen molar-refractivity contribution in [2.24, 2.45) is 10.9 Å². The molecule has 2 aliphatic rings. The second kappa shape index (κ2) is 5.85. The number of benzene rings is 1. The molecule has 0 bridgehead atoms. The normalized spacial score (nSPS) is 24.0. The zero-order valence-electron chi connectivity index (χ0n) is 11.6. The molecule has 1 heterocycles. The molecule has 2 atom stereocenters. The van der Waals surface area contributed by atoms with Crippen LogP contribution in [0.5, 0.6) is 0 Å². The number of hydrogen-bond acceptors (Lipinski definition) is 3. The monoisotopic (exact) mass is 302 g/mol. The van der Waals surface area contributed by atoms with Gasteiger partial charge in [-0.1, -0.05) is 54.3 Å². The highest BCUT2D eigenvalue weighted by Crippen LogP contribution is 2.28. The lowest BCUT2D eigenvalue weighted by Crippen LogP contribution is -2.45. The Hall–Kier alpha value is -1.88. The molecular formula is C16H15FN2OS. The van der Waals surface area contributed by atoms with Crippen molar-refractivity contribution in [1.82, 2.24) is 4.90 Å². The van der Waals surface area contributed by atoms with Crippen molar-refractivity contribution < 1.29 is 9.18 Å². The van der Waals surface area contributed by atoms with E-state index in [1.54, 1.807) is 30.1 Å². The fraction of sp³-hybridized carbons (Fsp3) is 0.250. The molecule has 108 valence electrons. The van der Waals surface area contributed by atoms with Gasteiger partial charge in [-0.05, 0) is 11.6 Å². The van der Waals surface area contributed by atoms with E-state index in [0.717, 1.165) is 0 Å². The van der Waals surface area contributed by atoms with Gasteiger partial charge in [-0.2, -0.15) is 0 Å². The van der Waals surface area contributed by atoms with Gasteiger partial charge >= 0.3 is 0 Å². The fourth-order valence-electron chi connectivity index (χ4n) is 2.37. The maximum absolute atomic E-state index is 13.6. The molecule has 1 aromatic carbocycles. The maximum Gasteiger partial charge on any atom is 0.237 e. The van der Waals surface area contributed by atoms with Crippen LogP contribution in [0.1, 0.15) is 5.56 Å². The number of allylic oxidation sites excluding steroid dienone is 2. The maximum atomic E-state index is 13.6. The molecule has 3 nitrogen and oxygen atoms in total. The van der Waals surface area contributed by atoms with E-state index in [4.69, 9.17) is 0 Å². The van der Waals surface area contributed by atoms with E-state index < -0.39 is 0 Å². The summed E-state index contributed by atoms with van der Waals surface area (Å²) in [7, 11) is 1.72. The average Bonchev–Trinajstić information content (AvgIpc) is 2.51. The van der Waals surface area contributed by atoms with Crippen LogP contribution in [0.15, 0.2) is 53.6 Å². The summed E-state index contributed by atoms with van der Waals surface area (Å²) >= 11 is 1.39. The number of nitrogens with zero attached hydrogens (tertiary/aromatic N) is 2. The van der Waals surface area contributed by atoms with Crippen molar-refractivity contribution in [3.05, 3.63) is 60.0 Å². The fourth-order valence-corrected chi connectivity index (χ4v) is 3.37. The summed E-state index contributed by atoms with van der Waals surface area (Å²) in [5, 5.41) is 0.643. The van der Waals surface area contributed by atoms with Crippen LogP contribution in [0.4, 0.5) is 4.39 Å². The number of amides is 1. The lowest BCUT2D eigenvalue weighted by molar-refractivity contribution is -0.129. The number of amidine groups is 1. The predicted octanol–water partition coefficient (Wildman–Crippen LogP) is 3.00. The van der Waals surface area contributed by atoms with E-state index >= 15 is 0 Å². The standard InChI is InChI=1S/C16H15FN2OS/c1-19-15(20)12-7-3-5-9-14(12)18-16(19)21-10-11-6-2-4-8-13(11)17/h2-9,12,14H,10H2,1H3/t12-,14+/m0/s1. The first-order valence-electron chi connectivity index (χ1n) is 6.73. The number of halogens is 1.